The summed E-state index contributed by atoms with van der Waals surface area (Å²) in [7, 11) is 0. The highest BCUT2D eigenvalue weighted by Gasteiger charge is 2.06. The molecule has 14 heavy (non-hydrogen) atoms. The van der Waals surface area contributed by atoms with Crippen LogP contribution in [0.1, 0.15) is 19.0 Å². The van der Waals surface area contributed by atoms with Crippen LogP contribution in [0, 0.1) is 11.3 Å². The molecule has 0 bridgehead atoms. The van der Waals surface area contributed by atoms with Crippen molar-refractivity contribution in [1.82, 2.24) is 4.98 Å². The first-order valence-electron chi connectivity index (χ1n) is 4.03. The molecule has 1 aromatic rings. The van der Waals surface area contributed by atoms with Crippen molar-refractivity contribution >= 4 is 27.5 Å². The lowest BCUT2D eigenvalue weighted by atomic mass is 10.3. The number of pyridine rings is 1. The predicted octanol–water partition coefficient (Wildman–Crippen LogP) is 2.06. The van der Waals surface area contributed by atoms with Crippen molar-refractivity contribution < 1.29 is 4.79 Å². The maximum Gasteiger partial charge on any atom is 0.224 e. The van der Waals surface area contributed by atoms with Gasteiger partial charge in [0.25, 0.3) is 0 Å². The Hall–Kier alpha value is -1.41. The van der Waals surface area contributed by atoms with Crippen LogP contribution in [0.2, 0.25) is 0 Å². The number of rotatable bonds is 2. The maximum absolute atomic E-state index is 11.1. The molecule has 0 aromatic carbocycles. The molecule has 1 heterocycles. The van der Waals surface area contributed by atoms with Gasteiger partial charge in [0.05, 0.1) is 5.69 Å². The second kappa shape index (κ2) is 4.72. The number of anilines is 1. The number of amides is 1. The third-order valence-electron chi connectivity index (χ3n) is 1.56. The van der Waals surface area contributed by atoms with Gasteiger partial charge in [-0.05, 0) is 22.0 Å². The molecular formula is C9H8BrN3O. The van der Waals surface area contributed by atoms with Crippen molar-refractivity contribution in [2.75, 3.05) is 5.32 Å². The number of carbonyl (C=O) groups excluding carboxylic acids is 1. The van der Waals surface area contributed by atoms with Gasteiger partial charge < -0.3 is 5.32 Å². The second-order valence-electron chi connectivity index (χ2n) is 2.56. The van der Waals surface area contributed by atoms with Crippen molar-refractivity contribution in [1.29, 1.82) is 5.26 Å². The third-order valence-corrected chi connectivity index (χ3v) is 1.99. The summed E-state index contributed by atoms with van der Waals surface area (Å²) in [4.78, 5) is 15.0. The Labute approximate surface area is 90.1 Å². The largest absolute Gasteiger partial charge is 0.324 e. The van der Waals surface area contributed by atoms with Gasteiger partial charge >= 0.3 is 0 Å². The Kier molecular flexibility index (Phi) is 3.60. The Morgan fingerprint density at radius 2 is 2.50 bits per heavy atom. The van der Waals surface area contributed by atoms with E-state index in [0.717, 1.165) is 4.47 Å². The van der Waals surface area contributed by atoms with E-state index < -0.39 is 0 Å². The molecule has 5 heteroatoms. The first-order chi connectivity index (χ1) is 6.67. The molecule has 1 amide bonds. The molecule has 1 N–H and O–H groups in total. The van der Waals surface area contributed by atoms with Gasteiger partial charge in [0.15, 0.2) is 5.69 Å². The molecule has 0 atom stereocenters. The summed E-state index contributed by atoms with van der Waals surface area (Å²) < 4.78 is 0.725. The Morgan fingerprint density at radius 1 is 1.79 bits per heavy atom. The van der Waals surface area contributed by atoms with Crippen LogP contribution in [-0.4, -0.2) is 10.9 Å². The Balaban J connectivity index is 3.00. The Bertz CT molecular complexity index is 398. The van der Waals surface area contributed by atoms with E-state index in [-0.39, 0.29) is 11.6 Å². The summed E-state index contributed by atoms with van der Waals surface area (Å²) in [5.74, 6) is -0.138. The highest BCUT2D eigenvalue weighted by Crippen LogP contribution is 2.18. The van der Waals surface area contributed by atoms with E-state index in [4.69, 9.17) is 5.26 Å². The lowest BCUT2D eigenvalue weighted by Gasteiger charge is -2.04. The molecule has 0 aliphatic rings. The fourth-order valence-corrected chi connectivity index (χ4v) is 1.19. The molecule has 0 aliphatic carbocycles. The van der Waals surface area contributed by atoms with Crippen molar-refractivity contribution in [3.8, 4) is 6.07 Å². The first-order valence-corrected chi connectivity index (χ1v) is 4.82. The zero-order valence-electron chi connectivity index (χ0n) is 7.54. The fourth-order valence-electron chi connectivity index (χ4n) is 0.862. The zero-order valence-corrected chi connectivity index (χ0v) is 9.13. The van der Waals surface area contributed by atoms with Gasteiger partial charge in [0.2, 0.25) is 5.91 Å². The summed E-state index contributed by atoms with van der Waals surface area (Å²) in [5, 5.41) is 11.3. The molecule has 0 saturated carbocycles. The zero-order chi connectivity index (χ0) is 10.6. The molecule has 0 unspecified atom stereocenters. The molecule has 1 rings (SSSR count). The number of aromatic nitrogens is 1. The highest BCUT2D eigenvalue weighted by atomic mass is 79.9. The van der Waals surface area contributed by atoms with Crippen LogP contribution in [-0.2, 0) is 4.79 Å². The van der Waals surface area contributed by atoms with E-state index in [2.05, 4.69) is 26.2 Å². The van der Waals surface area contributed by atoms with E-state index >= 15 is 0 Å². The lowest BCUT2D eigenvalue weighted by molar-refractivity contribution is -0.115. The van der Waals surface area contributed by atoms with Crippen LogP contribution < -0.4 is 5.32 Å². The number of carbonyl (C=O) groups is 1. The average Bonchev–Trinajstić information content (AvgIpc) is 2.18. The van der Waals surface area contributed by atoms with Gasteiger partial charge in [-0.1, -0.05) is 6.92 Å². The van der Waals surface area contributed by atoms with Gasteiger partial charge in [0.1, 0.15) is 6.07 Å². The number of nitrogens with zero attached hydrogens (tertiary/aromatic N) is 2. The molecule has 0 fully saturated rings. The molecular weight excluding hydrogens is 246 g/mol. The molecule has 1 aromatic heterocycles. The summed E-state index contributed by atoms with van der Waals surface area (Å²) in [6, 6.07) is 3.56. The minimum absolute atomic E-state index is 0.138. The van der Waals surface area contributed by atoms with Crippen molar-refractivity contribution in [2.24, 2.45) is 0 Å². The van der Waals surface area contributed by atoms with Crippen molar-refractivity contribution in [2.45, 2.75) is 13.3 Å². The highest BCUT2D eigenvalue weighted by molar-refractivity contribution is 9.10. The maximum atomic E-state index is 11.1. The number of hydrogen-bond donors (Lipinski definition) is 1. The average molecular weight is 254 g/mol. The minimum Gasteiger partial charge on any atom is -0.324 e. The first kappa shape index (κ1) is 10.7. The van der Waals surface area contributed by atoms with Crippen LogP contribution in [0.4, 0.5) is 5.69 Å². The van der Waals surface area contributed by atoms with E-state index in [1.54, 1.807) is 13.0 Å². The van der Waals surface area contributed by atoms with Crippen LogP contribution in [0.15, 0.2) is 16.7 Å². The molecule has 0 radical (unpaired) electrons. The van der Waals surface area contributed by atoms with Gasteiger partial charge in [-0.15, -0.1) is 0 Å². The van der Waals surface area contributed by atoms with Crippen LogP contribution in [0.25, 0.3) is 0 Å². The van der Waals surface area contributed by atoms with Gasteiger partial charge in [-0.3, -0.25) is 4.79 Å². The smallest absolute Gasteiger partial charge is 0.224 e. The lowest BCUT2D eigenvalue weighted by Crippen LogP contribution is -2.11. The summed E-state index contributed by atoms with van der Waals surface area (Å²) >= 11 is 3.21. The number of hydrogen-bond acceptors (Lipinski definition) is 3. The minimum atomic E-state index is -0.138. The third kappa shape index (κ3) is 2.54. The van der Waals surface area contributed by atoms with Gasteiger partial charge in [-0.2, -0.15) is 5.26 Å². The number of nitriles is 1. The molecule has 4 nitrogen and oxygen atoms in total. The van der Waals surface area contributed by atoms with E-state index in [1.807, 2.05) is 6.07 Å². The summed E-state index contributed by atoms with van der Waals surface area (Å²) in [6.45, 7) is 1.74. The summed E-state index contributed by atoms with van der Waals surface area (Å²) in [6.07, 6.45) is 1.89. The van der Waals surface area contributed by atoms with Gasteiger partial charge in [-0.25, -0.2) is 4.98 Å². The molecule has 72 valence electrons. The number of nitrogens with one attached hydrogen (secondary N) is 1. The Morgan fingerprint density at radius 3 is 3.07 bits per heavy atom. The quantitative estimate of drug-likeness (QED) is 0.878. The molecule has 0 aliphatic heterocycles. The van der Waals surface area contributed by atoms with E-state index in [0.29, 0.717) is 12.1 Å². The predicted molar refractivity (Wildman–Crippen MR) is 55.6 cm³/mol. The fraction of sp³-hybridized carbons (Fsp3) is 0.222. The SMILES string of the molecule is CCC(=O)Nc1cc(Br)cnc1C#N. The van der Waals surface area contributed by atoms with Crippen LogP contribution in [0.3, 0.4) is 0 Å². The molecule has 0 saturated heterocycles. The second-order valence-corrected chi connectivity index (χ2v) is 3.48. The van der Waals surface area contributed by atoms with E-state index in [1.165, 1.54) is 6.20 Å². The summed E-state index contributed by atoms with van der Waals surface area (Å²) in [5.41, 5.74) is 0.656. The van der Waals surface area contributed by atoms with Gasteiger partial charge in [0, 0.05) is 17.1 Å². The number of halogens is 1. The molecule has 0 spiro atoms. The topological polar surface area (TPSA) is 65.8 Å². The monoisotopic (exact) mass is 253 g/mol. The standard InChI is InChI=1S/C9H8BrN3O/c1-2-9(14)13-7-3-6(10)5-12-8(7)4-11/h3,5H,2H2,1H3,(H,13,14). The van der Waals surface area contributed by atoms with Crippen LogP contribution >= 0.6 is 15.9 Å². The van der Waals surface area contributed by atoms with Crippen molar-refractivity contribution in [3.05, 3.63) is 22.4 Å². The van der Waals surface area contributed by atoms with Crippen LogP contribution in [0.5, 0.6) is 0 Å². The normalized spacial score (nSPS) is 9.21. The van der Waals surface area contributed by atoms with Crippen molar-refractivity contribution in [3.63, 3.8) is 0 Å². The van der Waals surface area contributed by atoms with E-state index in [9.17, 15) is 4.79 Å².